The van der Waals surface area contributed by atoms with Crippen molar-refractivity contribution in [2.45, 2.75) is 19.1 Å². The van der Waals surface area contributed by atoms with Crippen molar-refractivity contribution in [3.63, 3.8) is 0 Å². The number of carbonyl (C=O) groups is 1. The lowest BCUT2D eigenvalue weighted by Gasteiger charge is -2.23. The molecule has 4 nitrogen and oxygen atoms in total. The van der Waals surface area contributed by atoms with E-state index in [0.717, 1.165) is 22.0 Å². The lowest BCUT2D eigenvalue weighted by Crippen LogP contribution is -2.37. The maximum Gasteiger partial charge on any atom is 0.259 e. The Labute approximate surface area is 162 Å². The third-order valence-corrected chi connectivity index (χ3v) is 5.17. The molecule has 3 aromatic rings. The Kier molecular flexibility index (Phi) is 4.87. The second-order valence-corrected chi connectivity index (χ2v) is 7.21. The van der Waals surface area contributed by atoms with Crippen LogP contribution in [0.5, 0.6) is 0 Å². The van der Waals surface area contributed by atoms with Crippen LogP contribution in [0, 0.1) is 0 Å². The number of amides is 1. The van der Waals surface area contributed by atoms with Crippen LogP contribution in [-0.4, -0.2) is 30.3 Å². The number of carbonyl (C=O) groups excluding carboxylic acids is 1. The topological polar surface area (TPSA) is 49.8 Å². The van der Waals surface area contributed by atoms with Crippen LogP contribution in [0.1, 0.15) is 28.9 Å². The number of benzene rings is 3. The maximum atomic E-state index is 12.8. The van der Waals surface area contributed by atoms with E-state index in [1.807, 2.05) is 67.6 Å². The van der Waals surface area contributed by atoms with Gasteiger partial charge in [0, 0.05) is 16.0 Å². The summed E-state index contributed by atoms with van der Waals surface area (Å²) < 4.78 is 5.79. The van der Waals surface area contributed by atoms with Crippen molar-refractivity contribution in [2.75, 3.05) is 18.1 Å². The smallest absolute Gasteiger partial charge is 0.259 e. The molecule has 0 fully saturated rings. The van der Waals surface area contributed by atoms with E-state index >= 15 is 0 Å². The van der Waals surface area contributed by atoms with E-state index in [1.54, 1.807) is 4.90 Å². The van der Waals surface area contributed by atoms with Crippen LogP contribution in [0.25, 0.3) is 10.8 Å². The minimum atomic E-state index is -0.784. The Balaban J connectivity index is 1.43. The molecular formula is C22H20ClNO3. The average molecular weight is 382 g/mol. The second kappa shape index (κ2) is 7.31. The molecule has 0 aromatic heterocycles. The monoisotopic (exact) mass is 381 g/mol. The first-order chi connectivity index (χ1) is 13.0. The zero-order chi connectivity index (χ0) is 19.0. The van der Waals surface area contributed by atoms with Gasteiger partial charge >= 0.3 is 0 Å². The summed E-state index contributed by atoms with van der Waals surface area (Å²) in [5.41, 5.74) is 2.52. The SMILES string of the molecule is C[C@@H](OC[C@H](O)CN1C(=O)c2cccc3cccc1c23)c1ccc(Cl)cc1. The van der Waals surface area contributed by atoms with Crippen molar-refractivity contribution in [1.29, 1.82) is 0 Å². The van der Waals surface area contributed by atoms with Gasteiger partial charge in [0.2, 0.25) is 0 Å². The van der Waals surface area contributed by atoms with Crippen LogP contribution in [0.15, 0.2) is 60.7 Å². The van der Waals surface area contributed by atoms with Gasteiger partial charge in [-0.25, -0.2) is 0 Å². The molecular weight excluding hydrogens is 362 g/mol. The summed E-state index contributed by atoms with van der Waals surface area (Å²) in [6.45, 7) is 2.26. The van der Waals surface area contributed by atoms with Crippen LogP contribution in [-0.2, 0) is 4.74 Å². The van der Waals surface area contributed by atoms with E-state index in [1.165, 1.54) is 0 Å². The molecule has 0 unspecified atom stereocenters. The van der Waals surface area contributed by atoms with Gasteiger partial charge in [-0.1, -0.05) is 48.0 Å². The Bertz CT molecular complexity index is 981. The zero-order valence-corrected chi connectivity index (χ0v) is 15.7. The molecule has 1 amide bonds. The highest BCUT2D eigenvalue weighted by atomic mass is 35.5. The predicted molar refractivity (Wildman–Crippen MR) is 107 cm³/mol. The molecule has 1 aliphatic rings. The van der Waals surface area contributed by atoms with Crippen LogP contribution >= 0.6 is 11.6 Å². The van der Waals surface area contributed by atoms with Gasteiger partial charge < -0.3 is 14.7 Å². The fourth-order valence-corrected chi connectivity index (χ4v) is 3.64. The van der Waals surface area contributed by atoms with Crippen molar-refractivity contribution < 1.29 is 14.6 Å². The number of hydrogen-bond acceptors (Lipinski definition) is 3. The molecule has 0 saturated heterocycles. The lowest BCUT2D eigenvalue weighted by molar-refractivity contribution is 0.000494. The van der Waals surface area contributed by atoms with E-state index in [4.69, 9.17) is 16.3 Å². The van der Waals surface area contributed by atoms with Crippen molar-refractivity contribution >= 4 is 34.0 Å². The van der Waals surface area contributed by atoms with Crippen molar-refractivity contribution in [3.05, 3.63) is 76.8 Å². The number of halogens is 1. The number of hydrogen-bond donors (Lipinski definition) is 1. The Morgan fingerprint density at radius 1 is 1.07 bits per heavy atom. The third-order valence-electron chi connectivity index (χ3n) is 4.92. The largest absolute Gasteiger partial charge is 0.389 e. The minimum absolute atomic E-state index is 0.0772. The summed E-state index contributed by atoms with van der Waals surface area (Å²) in [6, 6.07) is 19.0. The summed E-state index contributed by atoms with van der Waals surface area (Å²) in [5, 5.41) is 13.1. The molecule has 1 heterocycles. The second-order valence-electron chi connectivity index (χ2n) is 6.78. The van der Waals surface area contributed by atoms with Gasteiger partial charge in [-0.05, 0) is 42.1 Å². The molecule has 5 heteroatoms. The molecule has 0 aliphatic carbocycles. The fourth-order valence-electron chi connectivity index (χ4n) is 3.51. The number of nitrogens with zero attached hydrogens (tertiary/aromatic N) is 1. The van der Waals surface area contributed by atoms with Crippen LogP contribution in [0.4, 0.5) is 5.69 Å². The zero-order valence-electron chi connectivity index (χ0n) is 14.9. The Morgan fingerprint density at radius 2 is 1.78 bits per heavy atom. The number of anilines is 1. The highest BCUT2D eigenvalue weighted by Gasteiger charge is 2.30. The lowest BCUT2D eigenvalue weighted by atomic mass is 10.1. The molecule has 0 bridgehead atoms. The molecule has 0 spiro atoms. The highest BCUT2D eigenvalue weighted by Crippen LogP contribution is 2.37. The van der Waals surface area contributed by atoms with Crippen molar-refractivity contribution in [3.8, 4) is 0 Å². The number of β-amino-alcohol motifs (C(OH)–C–C–N with tert-alkyl or cyclic N) is 1. The van der Waals surface area contributed by atoms with Gasteiger partial charge in [0.05, 0.1) is 31.0 Å². The molecule has 3 aromatic carbocycles. The van der Waals surface area contributed by atoms with Crippen LogP contribution in [0.2, 0.25) is 5.02 Å². The molecule has 0 radical (unpaired) electrons. The van der Waals surface area contributed by atoms with Gasteiger partial charge in [0.15, 0.2) is 0 Å². The number of ether oxygens (including phenoxy) is 1. The minimum Gasteiger partial charge on any atom is -0.389 e. The van der Waals surface area contributed by atoms with Gasteiger partial charge in [0.25, 0.3) is 5.91 Å². The van der Waals surface area contributed by atoms with E-state index in [9.17, 15) is 9.90 Å². The summed E-state index contributed by atoms with van der Waals surface area (Å²) in [5.74, 6) is -0.0772. The normalized spacial score (nSPS) is 15.4. The summed E-state index contributed by atoms with van der Waals surface area (Å²) >= 11 is 5.91. The summed E-state index contributed by atoms with van der Waals surface area (Å²) in [7, 11) is 0. The van der Waals surface area contributed by atoms with Gasteiger partial charge in [-0.15, -0.1) is 0 Å². The summed E-state index contributed by atoms with van der Waals surface area (Å²) in [4.78, 5) is 14.4. The third kappa shape index (κ3) is 3.44. The maximum absolute atomic E-state index is 12.8. The van der Waals surface area contributed by atoms with Crippen molar-refractivity contribution in [2.24, 2.45) is 0 Å². The average Bonchev–Trinajstić information content (AvgIpc) is 2.95. The molecule has 4 rings (SSSR count). The molecule has 2 atom stereocenters. The number of rotatable bonds is 6. The van der Waals surface area contributed by atoms with E-state index in [-0.39, 0.29) is 25.2 Å². The Hall–Kier alpha value is -2.40. The quantitative estimate of drug-likeness (QED) is 0.679. The fraction of sp³-hybridized carbons (Fsp3) is 0.227. The van der Waals surface area contributed by atoms with Gasteiger partial charge in [-0.3, -0.25) is 4.79 Å². The summed E-state index contributed by atoms with van der Waals surface area (Å²) in [6.07, 6.45) is -0.958. The van der Waals surface area contributed by atoms with Gasteiger partial charge in [-0.2, -0.15) is 0 Å². The molecule has 27 heavy (non-hydrogen) atoms. The first-order valence-corrected chi connectivity index (χ1v) is 9.31. The molecule has 1 N–H and O–H groups in total. The van der Waals surface area contributed by atoms with Crippen LogP contribution < -0.4 is 4.90 Å². The molecule has 138 valence electrons. The van der Waals surface area contributed by atoms with E-state index < -0.39 is 6.10 Å². The number of aliphatic hydroxyl groups is 1. The number of aliphatic hydroxyl groups excluding tert-OH is 1. The first-order valence-electron chi connectivity index (χ1n) is 8.93. The predicted octanol–water partition coefficient (Wildman–Crippen LogP) is 4.59. The Morgan fingerprint density at radius 3 is 2.52 bits per heavy atom. The van der Waals surface area contributed by atoms with Crippen LogP contribution in [0.3, 0.4) is 0 Å². The van der Waals surface area contributed by atoms with Gasteiger partial charge in [0.1, 0.15) is 0 Å². The standard InChI is InChI=1S/C22H20ClNO3/c1-14(15-8-10-17(23)11-9-15)27-13-18(25)12-24-20-7-3-5-16-4-2-6-19(21(16)20)22(24)26/h2-11,14,18,25H,12-13H2,1H3/t14-,18-/m1/s1. The van der Waals surface area contributed by atoms with E-state index in [0.29, 0.717) is 10.6 Å². The molecule has 1 aliphatic heterocycles. The van der Waals surface area contributed by atoms with Crippen molar-refractivity contribution in [1.82, 2.24) is 0 Å². The van der Waals surface area contributed by atoms with E-state index in [2.05, 4.69) is 0 Å². The first kappa shape index (κ1) is 18.0. The highest BCUT2D eigenvalue weighted by molar-refractivity contribution is 6.30. The molecule has 0 saturated carbocycles.